The van der Waals surface area contributed by atoms with Crippen LogP contribution in [-0.2, 0) is 24.3 Å². The van der Waals surface area contributed by atoms with Gasteiger partial charge in [-0.2, -0.15) is 4.31 Å². The fourth-order valence-corrected chi connectivity index (χ4v) is 4.93. The highest BCUT2D eigenvalue weighted by Crippen LogP contribution is 2.20. The van der Waals surface area contributed by atoms with Crippen LogP contribution in [0.25, 0.3) is 0 Å². The quantitative estimate of drug-likeness (QED) is 0.628. The molecule has 9 heteroatoms. The van der Waals surface area contributed by atoms with Gasteiger partial charge in [0.25, 0.3) is 0 Å². The third-order valence-corrected chi connectivity index (χ3v) is 7.24. The Hall–Kier alpha value is -1.58. The minimum absolute atomic E-state index is 0.0903. The zero-order valence-corrected chi connectivity index (χ0v) is 17.6. The zero-order valence-electron chi connectivity index (χ0n) is 15.9. The number of sulfonamides is 1. The highest BCUT2D eigenvalue weighted by molar-refractivity contribution is 8.00. The Morgan fingerprint density at radius 2 is 1.74 bits per heavy atom. The molecule has 0 N–H and O–H groups in total. The van der Waals surface area contributed by atoms with Crippen molar-refractivity contribution < 1.29 is 22.7 Å². The summed E-state index contributed by atoms with van der Waals surface area (Å²) < 4.78 is 31.8. The van der Waals surface area contributed by atoms with Crippen LogP contribution in [0.3, 0.4) is 0 Å². The Bertz CT molecular complexity index is 787. The summed E-state index contributed by atoms with van der Waals surface area (Å²) in [7, 11) is -3.56. The molecule has 0 unspecified atom stereocenters. The lowest BCUT2D eigenvalue weighted by Gasteiger charge is -2.34. The number of thioether (sulfide) groups is 1. The van der Waals surface area contributed by atoms with E-state index < -0.39 is 10.0 Å². The van der Waals surface area contributed by atoms with Crippen LogP contribution in [0.5, 0.6) is 0 Å². The highest BCUT2D eigenvalue weighted by atomic mass is 32.2. The number of benzene rings is 1. The molecule has 2 rings (SSSR count). The Morgan fingerprint density at radius 1 is 1.07 bits per heavy atom. The second-order valence-electron chi connectivity index (χ2n) is 6.33. The SMILES string of the molecule is CCOC(=O)CSCC(=O)N1CCN(S(=O)(=O)c2ccc(C)c(C)c2)CC1. The number of aryl methyl sites for hydroxylation is 2. The van der Waals surface area contributed by atoms with Crippen molar-refractivity contribution in [2.24, 2.45) is 0 Å². The van der Waals surface area contributed by atoms with Crippen molar-refractivity contribution in [3.63, 3.8) is 0 Å². The summed E-state index contributed by atoms with van der Waals surface area (Å²) in [6, 6.07) is 5.12. The first kappa shape index (κ1) is 21.7. The molecule has 1 aromatic rings. The molecule has 0 spiro atoms. The number of hydrogen-bond acceptors (Lipinski definition) is 6. The lowest BCUT2D eigenvalue weighted by molar-refractivity contribution is -0.139. The van der Waals surface area contributed by atoms with Crippen molar-refractivity contribution in [3.05, 3.63) is 29.3 Å². The first-order valence-electron chi connectivity index (χ1n) is 8.84. The van der Waals surface area contributed by atoms with Gasteiger partial charge in [-0.15, -0.1) is 11.8 Å². The minimum atomic E-state index is -3.56. The van der Waals surface area contributed by atoms with E-state index in [0.717, 1.165) is 11.1 Å². The molecular weight excluding hydrogens is 388 g/mol. The van der Waals surface area contributed by atoms with Crippen molar-refractivity contribution in [1.82, 2.24) is 9.21 Å². The van der Waals surface area contributed by atoms with E-state index in [4.69, 9.17) is 4.74 Å². The molecule has 1 fully saturated rings. The monoisotopic (exact) mass is 414 g/mol. The minimum Gasteiger partial charge on any atom is -0.465 e. The van der Waals surface area contributed by atoms with Gasteiger partial charge in [0.15, 0.2) is 0 Å². The van der Waals surface area contributed by atoms with Gasteiger partial charge in [0.1, 0.15) is 0 Å². The predicted octanol–water partition coefficient (Wildman–Crippen LogP) is 1.43. The molecule has 1 aliphatic rings. The van der Waals surface area contributed by atoms with Crippen molar-refractivity contribution in [2.45, 2.75) is 25.7 Å². The lowest BCUT2D eigenvalue weighted by atomic mass is 10.1. The summed E-state index contributed by atoms with van der Waals surface area (Å²) in [5.74, 6) is -0.101. The number of nitrogens with zero attached hydrogens (tertiary/aromatic N) is 2. The van der Waals surface area contributed by atoms with Crippen LogP contribution in [0.1, 0.15) is 18.1 Å². The van der Waals surface area contributed by atoms with Gasteiger partial charge in [-0.3, -0.25) is 9.59 Å². The summed E-state index contributed by atoms with van der Waals surface area (Å²) in [5.41, 5.74) is 1.98. The average Bonchev–Trinajstić information content (AvgIpc) is 2.64. The molecule has 0 bridgehead atoms. The fourth-order valence-electron chi connectivity index (χ4n) is 2.72. The third kappa shape index (κ3) is 5.70. The number of carbonyl (C=O) groups is 2. The van der Waals surface area contributed by atoms with Crippen LogP contribution in [-0.4, -0.2) is 73.8 Å². The molecule has 7 nitrogen and oxygen atoms in total. The Labute approximate surface area is 165 Å². The van der Waals surface area contributed by atoms with Crippen molar-refractivity contribution >= 4 is 33.7 Å². The van der Waals surface area contributed by atoms with Crippen LogP contribution in [0.15, 0.2) is 23.1 Å². The standard InChI is InChI=1S/C18H26N2O5S2/c1-4-25-18(22)13-26-12-17(21)19-7-9-20(10-8-19)27(23,24)16-6-5-14(2)15(3)11-16/h5-6,11H,4,7-10,12-13H2,1-3H3. The summed E-state index contributed by atoms with van der Waals surface area (Å²) >= 11 is 1.21. The molecule has 1 aliphatic heterocycles. The summed E-state index contributed by atoms with van der Waals surface area (Å²) in [6.45, 7) is 7.12. The van der Waals surface area contributed by atoms with Crippen LogP contribution >= 0.6 is 11.8 Å². The number of hydrogen-bond donors (Lipinski definition) is 0. The smallest absolute Gasteiger partial charge is 0.315 e. The normalized spacial score (nSPS) is 15.6. The maximum Gasteiger partial charge on any atom is 0.315 e. The summed E-state index contributed by atoms with van der Waals surface area (Å²) in [4.78, 5) is 25.5. The Morgan fingerprint density at radius 3 is 2.33 bits per heavy atom. The van der Waals surface area contributed by atoms with E-state index in [1.807, 2.05) is 19.9 Å². The molecule has 150 valence electrons. The highest BCUT2D eigenvalue weighted by Gasteiger charge is 2.30. The number of piperazine rings is 1. The van der Waals surface area contributed by atoms with E-state index in [2.05, 4.69) is 0 Å². The molecule has 1 aromatic carbocycles. The van der Waals surface area contributed by atoms with Gasteiger partial charge >= 0.3 is 5.97 Å². The van der Waals surface area contributed by atoms with Gasteiger partial charge in [0.05, 0.1) is 23.0 Å². The summed E-state index contributed by atoms with van der Waals surface area (Å²) in [6.07, 6.45) is 0. The van der Waals surface area contributed by atoms with Gasteiger partial charge in [-0.05, 0) is 44.0 Å². The van der Waals surface area contributed by atoms with Crippen molar-refractivity contribution in [1.29, 1.82) is 0 Å². The van der Waals surface area contributed by atoms with Gasteiger partial charge in [-0.1, -0.05) is 6.07 Å². The van der Waals surface area contributed by atoms with Crippen molar-refractivity contribution in [2.75, 3.05) is 44.3 Å². The zero-order chi connectivity index (χ0) is 20.0. The molecular formula is C18H26N2O5S2. The van der Waals surface area contributed by atoms with Gasteiger partial charge in [-0.25, -0.2) is 8.42 Å². The first-order chi connectivity index (χ1) is 12.8. The molecule has 0 radical (unpaired) electrons. The molecule has 1 heterocycles. The first-order valence-corrected chi connectivity index (χ1v) is 11.4. The number of rotatable bonds is 7. The van der Waals surface area contributed by atoms with E-state index in [-0.39, 0.29) is 41.4 Å². The topological polar surface area (TPSA) is 84.0 Å². The van der Waals surface area contributed by atoms with Crippen molar-refractivity contribution in [3.8, 4) is 0 Å². The van der Waals surface area contributed by atoms with E-state index in [1.54, 1.807) is 24.0 Å². The van der Waals surface area contributed by atoms with Crippen LogP contribution in [0.4, 0.5) is 0 Å². The van der Waals surface area contributed by atoms with E-state index in [1.165, 1.54) is 16.1 Å². The lowest BCUT2D eigenvalue weighted by Crippen LogP contribution is -2.51. The Balaban J connectivity index is 1.87. The second-order valence-corrected chi connectivity index (χ2v) is 9.25. The molecule has 0 atom stereocenters. The number of amides is 1. The van der Waals surface area contributed by atoms with Gasteiger partial charge in [0.2, 0.25) is 15.9 Å². The van der Waals surface area contributed by atoms with Gasteiger partial charge in [0, 0.05) is 26.2 Å². The van der Waals surface area contributed by atoms with Gasteiger partial charge < -0.3 is 9.64 Å². The molecule has 0 aliphatic carbocycles. The molecule has 27 heavy (non-hydrogen) atoms. The van der Waals surface area contributed by atoms with Crippen LogP contribution in [0, 0.1) is 13.8 Å². The van der Waals surface area contributed by atoms with E-state index >= 15 is 0 Å². The second kappa shape index (κ2) is 9.57. The maximum atomic E-state index is 12.8. The fraction of sp³-hybridized carbons (Fsp3) is 0.556. The average molecular weight is 415 g/mol. The molecule has 0 saturated carbocycles. The molecule has 0 aromatic heterocycles. The van der Waals surface area contributed by atoms with Crippen LogP contribution < -0.4 is 0 Å². The number of ether oxygens (including phenoxy) is 1. The predicted molar refractivity (Wildman–Crippen MR) is 105 cm³/mol. The van der Waals surface area contributed by atoms with E-state index in [0.29, 0.717) is 19.7 Å². The Kier molecular flexibility index (Phi) is 7.69. The van der Waals surface area contributed by atoms with E-state index in [9.17, 15) is 18.0 Å². The number of esters is 1. The molecule has 1 amide bonds. The maximum absolute atomic E-state index is 12.8. The largest absolute Gasteiger partial charge is 0.465 e. The summed E-state index contributed by atoms with van der Waals surface area (Å²) in [5, 5.41) is 0. The molecule has 1 saturated heterocycles. The van der Waals surface area contributed by atoms with Crippen LogP contribution in [0.2, 0.25) is 0 Å². The third-order valence-electron chi connectivity index (χ3n) is 4.46. The number of carbonyl (C=O) groups excluding carboxylic acids is 2.